The van der Waals surface area contributed by atoms with Crippen molar-refractivity contribution in [3.8, 4) is 5.88 Å². The molecule has 0 radical (unpaired) electrons. The zero-order chi connectivity index (χ0) is 13.8. The number of fused-ring (bicyclic) bond motifs is 1. The Morgan fingerprint density at radius 1 is 1.37 bits per heavy atom. The number of nitrogens with zero attached hydrogens (tertiary/aromatic N) is 1. The van der Waals surface area contributed by atoms with Crippen LogP contribution in [0.5, 0.6) is 5.88 Å². The standard InChI is InChI=1S/C15H15NO3/c1-10(2)19-15-12(7-8-14(17)18)9-11-5-3-4-6-13(11)16-15/h3-10H,1-2H3,(H,17,18). The van der Waals surface area contributed by atoms with Crippen molar-refractivity contribution in [3.05, 3.63) is 42.0 Å². The number of ether oxygens (including phenoxy) is 1. The number of aromatic nitrogens is 1. The summed E-state index contributed by atoms with van der Waals surface area (Å²) < 4.78 is 5.63. The molecule has 0 saturated carbocycles. The van der Waals surface area contributed by atoms with Crippen LogP contribution in [0.2, 0.25) is 0 Å². The first-order valence-electron chi connectivity index (χ1n) is 6.03. The molecule has 0 aliphatic rings. The number of aliphatic carboxylic acids is 1. The van der Waals surface area contributed by atoms with Gasteiger partial charge in [-0.25, -0.2) is 9.78 Å². The molecule has 0 aliphatic heterocycles. The number of hydrogen-bond donors (Lipinski definition) is 1. The Bertz CT molecular complexity index is 632. The van der Waals surface area contributed by atoms with E-state index in [1.54, 1.807) is 0 Å². The minimum absolute atomic E-state index is 0.0226. The molecule has 98 valence electrons. The van der Waals surface area contributed by atoms with Crippen LogP contribution in [0.1, 0.15) is 19.4 Å². The van der Waals surface area contributed by atoms with Crippen molar-refractivity contribution in [2.45, 2.75) is 20.0 Å². The molecule has 0 unspecified atom stereocenters. The third-order valence-electron chi connectivity index (χ3n) is 2.47. The summed E-state index contributed by atoms with van der Waals surface area (Å²) in [6.45, 7) is 3.81. The van der Waals surface area contributed by atoms with Gasteiger partial charge in [0, 0.05) is 17.0 Å². The maximum atomic E-state index is 10.6. The molecule has 0 spiro atoms. The van der Waals surface area contributed by atoms with E-state index in [0.717, 1.165) is 17.0 Å². The number of hydrogen-bond acceptors (Lipinski definition) is 3. The van der Waals surface area contributed by atoms with E-state index in [1.807, 2.05) is 44.2 Å². The Morgan fingerprint density at radius 2 is 2.11 bits per heavy atom. The van der Waals surface area contributed by atoms with Crippen LogP contribution in [-0.2, 0) is 4.79 Å². The van der Waals surface area contributed by atoms with Gasteiger partial charge in [-0.05, 0) is 32.1 Å². The Labute approximate surface area is 111 Å². The highest BCUT2D eigenvalue weighted by atomic mass is 16.5. The fourth-order valence-corrected chi connectivity index (χ4v) is 1.71. The van der Waals surface area contributed by atoms with E-state index >= 15 is 0 Å². The van der Waals surface area contributed by atoms with E-state index in [0.29, 0.717) is 11.4 Å². The summed E-state index contributed by atoms with van der Waals surface area (Å²) in [7, 11) is 0. The monoisotopic (exact) mass is 257 g/mol. The average molecular weight is 257 g/mol. The second-order valence-electron chi connectivity index (χ2n) is 4.41. The average Bonchev–Trinajstić information content (AvgIpc) is 2.35. The summed E-state index contributed by atoms with van der Waals surface area (Å²) >= 11 is 0. The van der Waals surface area contributed by atoms with Gasteiger partial charge in [0.15, 0.2) is 0 Å². The van der Waals surface area contributed by atoms with E-state index in [2.05, 4.69) is 4.98 Å². The smallest absolute Gasteiger partial charge is 0.328 e. The fourth-order valence-electron chi connectivity index (χ4n) is 1.71. The first-order chi connectivity index (χ1) is 9.06. The molecule has 19 heavy (non-hydrogen) atoms. The van der Waals surface area contributed by atoms with Gasteiger partial charge in [0.2, 0.25) is 5.88 Å². The first kappa shape index (κ1) is 13.1. The molecule has 2 aromatic rings. The Balaban J connectivity index is 2.53. The number of carboxylic acid groups (broad SMARTS) is 1. The third-order valence-corrected chi connectivity index (χ3v) is 2.47. The van der Waals surface area contributed by atoms with Crippen LogP contribution in [0, 0.1) is 0 Å². The minimum Gasteiger partial charge on any atom is -0.478 e. The van der Waals surface area contributed by atoms with Crippen LogP contribution in [0.25, 0.3) is 17.0 Å². The largest absolute Gasteiger partial charge is 0.478 e. The molecule has 0 atom stereocenters. The minimum atomic E-state index is -0.997. The van der Waals surface area contributed by atoms with Gasteiger partial charge >= 0.3 is 5.97 Å². The van der Waals surface area contributed by atoms with E-state index in [1.165, 1.54) is 6.08 Å². The Hall–Kier alpha value is -2.36. The predicted octanol–water partition coefficient (Wildman–Crippen LogP) is 3.12. The van der Waals surface area contributed by atoms with Gasteiger partial charge in [0.1, 0.15) is 0 Å². The van der Waals surface area contributed by atoms with E-state index < -0.39 is 5.97 Å². The zero-order valence-electron chi connectivity index (χ0n) is 10.8. The Kier molecular flexibility index (Phi) is 3.80. The highest BCUT2D eigenvalue weighted by molar-refractivity contribution is 5.88. The van der Waals surface area contributed by atoms with E-state index in [-0.39, 0.29) is 6.10 Å². The lowest BCUT2D eigenvalue weighted by Crippen LogP contribution is -2.08. The van der Waals surface area contributed by atoms with Crippen LogP contribution in [0.15, 0.2) is 36.4 Å². The molecule has 2 rings (SSSR count). The molecule has 0 amide bonds. The summed E-state index contributed by atoms with van der Waals surface area (Å²) in [4.78, 5) is 15.0. The second-order valence-corrected chi connectivity index (χ2v) is 4.41. The van der Waals surface area contributed by atoms with Crippen molar-refractivity contribution < 1.29 is 14.6 Å². The maximum Gasteiger partial charge on any atom is 0.328 e. The SMILES string of the molecule is CC(C)Oc1nc2ccccc2cc1C=CC(=O)O. The van der Waals surface area contributed by atoms with Gasteiger partial charge in [-0.1, -0.05) is 18.2 Å². The molecule has 1 N–H and O–H groups in total. The molecule has 0 saturated heterocycles. The summed E-state index contributed by atoms with van der Waals surface area (Å²) in [6, 6.07) is 9.52. The van der Waals surface area contributed by atoms with E-state index in [9.17, 15) is 4.79 Å². The fraction of sp³-hybridized carbons (Fsp3) is 0.200. The van der Waals surface area contributed by atoms with Crippen molar-refractivity contribution in [1.82, 2.24) is 4.98 Å². The van der Waals surface area contributed by atoms with Crippen molar-refractivity contribution in [3.63, 3.8) is 0 Å². The number of rotatable bonds is 4. The van der Waals surface area contributed by atoms with Crippen molar-refractivity contribution >= 4 is 22.9 Å². The van der Waals surface area contributed by atoms with Crippen LogP contribution < -0.4 is 4.74 Å². The van der Waals surface area contributed by atoms with Gasteiger partial charge in [0.05, 0.1) is 11.6 Å². The molecule has 1 aromatic carbocycles. The molecule has 0 aliphatic carbocycles. The lowest BCUT2D eigenvalue weighted by Gasteiger charge is -2.12. The van der Waals surface area contributed by atoms with Gasteiger partial charge in [-0.15, -0.1) is 0 Å². The summed E-state index contributed by atoms with van der Waals surface area (Å²) in [5.41, 5.74) is 1.49. The van der Waals surface area contributed by atoms with Crippen molar-refractivity contribution in [2.24, 2.45) is 0 Å². The quantitative estimate of drug-likeness (QED) is 0.855. The first-order valence-corrected chi connectivity index (χ1v) is 6.03. The second kappa shape index (κ2) is 5.52. The number of carbonyl (C=O) groups is 1. The zero-order valence-corrected chi connectivity index (χ0v) is 10.8. The molecule has 0 bridgehead atoms. The van der Waals surface area contributed by atoms with E-state index in [4.69, 9.17) is 9.84 Å². The highest BCUT2D eigenvalue weighted by Crippen LogP contribution is 2.24. The highest BCUT2D eigenvalue weighted by Gasteiger charge is 2.08. The van der Waals surface area contributed by atoms with Gasteiger partial charge < -0.3 is 9.84 Å². The molecule has 1 heterocycles. The lowest BCUT2D eigenvalue weighted by molar-refractivity contribution is -0.131. The molecular formula is C15H15NO3. The van der Waals surface area contributed by atoms with Crippen molar-refractivity contribution in [2.75, 3.05) is 0 Å². The molecule has 4 nitrogen and oxygen atoms in total. The Morgan fingerprint density at radius 3 is 2.79 bits per heavy atom. The maximum absolute atomic E-state index is 10.6. The topological polar surface area (TPSA) is 59.4 Å². The summed E-state index contributed by atoms with van der Waals surface area (Å²) in [5, 5.41) is 9.66. The molecule has 4 heteroatoms. The van der Waals surface area contributed by atoms with Gasteiger partial charge in [0.25, 0.3) is 0 Å². The van der Waals surface area contributed by atoms with Crippen LogP contribution in [-0.4, -0.2) is 22.2 Å². The van der Waals surface area contributed by atoms with Crippen LogP contribution >= 0.6 is 0 Å². The molecule has 0 fully saturated rings. The number of carboxylic acids is 1. The number of pyridine rings is 1. The summed E-state index contributed by atoms with van der Waals surface area (Å²) in [5.74, 6) is -0.546. The van der Waals surface area contributed by atoms with Crippen LogP contribution in [0.3, 0.4) is 0 Å². The van der Waals surface area contributed by atoms with Gasteiger partial charge in [-0.3, -0.25) is 0 Å². The molecular weight excluding hydrogens is 242 g/mol. The van der Waals surface area contributed by atoms with Crippen molar-refractivity contribution in [1.29, 1.82) is 0 Å². The number of para-hydroxylation sites is 1. The molecule has 1 aromatic heterocycles. The van der Waals surface area contributed by atoms with Gasteiger partial charge in [-0.2, -0.15) is 0 Å². The predicted molar refractivity (Wildman–Crippen MR) is 74.2 cm³/mol. The number of benzene rings is 1. The normalized spacial score (nSPS) is 11.3. The summed E-state index contributed by atoms with van der Waals surface area (Å²) in [6.07, 6.45) is 2.56. The third kappa shape index (κ3) is 3.31. The van der Waals surface area contributed by atoms with Crippen LogP contribution in [0.4, 0.5) is 0 Å². The lowest BCUT2D eigenvalue weighted by atomic mass is 10.1.